The van der Waals surface area contributed by atoms with Gasteiger partial charge in [0.2, 0.25) is 0 Å². The number of rotatable bonds is 4. The van der Waals surface area contributed by atoms with Gasteiger partial charge in [0.05, 0.1) is 0 Å². The molecule has 1 heteroatoms. The van der Waals surface area contributed by atoms with Gasteiger partial charge in [-0.1, -0.05) is 70.0 Å². The number of hydrogen-bond donors (Lipinski definition) is 0. The van der Waals surface area contributed by atoms with E-state index in [0.29, 0.717) is 5.41 Å². The van der Waals surface area contributed by atoms with Crippen LogP contribution in [0.4, 0.5) is 0 Å². The summed E-state index contributed by atoms with van der Waals surface area (Å²) in [5.74, 6) is 2.66. The fraction of sp³-hybridized carbons (Fsp3) is 0.480. The SMILES string of the molecule is Cc1ccc([P+](=CC(C)(C)CC(C)(C)C)c2ccc(C)cc2C)c(C)c1. The highest BCUT2D eigenvalue weighted by Crippen LogP contribution is 2.37. The quantitative estimate of drug-likeness (QED) is 0.533. The van der Waals surface area contributed by atoms with Gasteiger partial charge in [-0.15, -0.1) is 0 Å². The Morgan fingerprint density at radius 3 is 1.50 bits per heavy atom. The summed E-state index contributed by atoms with van der Waals surface area (Å²) in [5, 5.41) is 3.00. The molecule has 26 heavy (non-hydrogen) atoms. The van der Waals surface area contributed by atoms with Gasteiger partial charge in [0.25, 0.3) is 0 Å². The summed E-state index contributed by atoms with van der Waals surface area (Å²) in [4.78, 5) is 0. The zero-order valence-electron chi connectivity index (χ0n) is 18.2. The van der Waals surface area contributed by atoms with Crippen LogP contribution in [0.1, 0.15) is 63.3 Å². The van der Waals surface area contributed by atoms with E-state index in [-0.39, 0.29) is 5.41 Å². The zero-order valence-corrected chi connectivity index (χ0v) is 19.1. The normalized spacial score (nSPS) is 12.2. The topological polar surface area (TPSA) is 0 Å². The minimum Gasteiger partial charge on any atom is -0.0601 e. The van der Waals surface area contributed by atoms with E-state index in [1.807, 2.05) is 0 Å². The van der Waals surface area contributed by atoms with Crippen molar-refractivity contribution in [1.29, 1.82) is 0 Å². The smallest absolute Gasteiger partial charge is 0.0601 e. The molecule has 140 valence electrons. The first-order valence-corrected chi connectivity index (χ1v) is 11.1. The highest BCUT2D eigenvalue weighted by molar-refractivity contribution is 7.72. The number of aryl methyl sites for hydroxylation is 4. The average Bonchev–Trinajstić information content (AvgIpc) is 2.43. The molecule has 0 radical (unpaired) electrons. The highest BCUT2D eigenvalue weighted by Gasteiger charge is 2.31. The summed E-state index contributed by atoms with van der Waals surface area (Å²) >= 11 is 0. The Labute approximate surface area is 162 Å². The monoisotopic (exact) mass is 367 g/mol. The molecule has 0 nitrogen and oxygen atoms in total. The van der Waals surface area contributed by atoms with E-state index in [1.54, 1.807) is 0 Å². The van der Waals surface area contributed by atoms with Crippen molar-refractivity contribution in [2.45, 2.75) is 68.7 Å². The summed E-state index contributed by atoms with van der Waals surface area (Å²) in [6, 6.07) is 13.9. The Morgan fingerprint density at radius 2 is 1.15 bits per heavy atom. The van der Waals surface area contributed by atoms with Crippen molar-refractivity contribution in [2.75, 3.05) is 0 Å². The Hall–Kier alpha value is -1.39. The molecule has 0 aliphatic carbocycles. The lowest BCUT2D eigenvalue weighted by molar-refractivity contribution is 0.285. The van der Waals surface area contributed by atoms with Gasteiger partial charge < -0.3 is 0 Å². The van der Waals surface area contributed by atoms with Gasteiger partial charge in [0.15, 0.2) is 18.2 Å². The molecule has 2 aromatic carbocycles. The highest BCUT2D eigenvalue weighted by atomic mass is 31.1. The Kier molecular flexibility index (Phi) is 6.19. The van der Waals surface area contributed by atoms with Crippen molar-refractivity contribution < 1.29 is 0 Å². The van der Waals surface area contributed by atoms with Gasteiger partial charge >= 0.3 is 0 Å². The lowest BCUT2D eigenvalue weighted by atomic mass is 9.78. The standard InChI is InChI=1S/C25H36P/c1-18-10-12-22(20(3)14-18)26(17-25(8,9)16-24(5,6)7)23-13-11-19(2)15-21(23)4/h10-15,17H,16H2,1-9H3/q+1. The molecule has 0 atom stereocenters. The van der Waals surface area contributed by atoms with E-state index in [2.05, 4.69) is 105 Å². The van der Waals surface area contributed by atoms with Gasteiger partial charge in [-0.3, -0.25) is 0 Å². The van der Waals surface area contributed by atoms with E-state index >= 15 is 0 Å². The van der Waals surface area contributed by atoms with E-state index in [1.165, 1.54) is 39.3 Å². The molecule has 0 fully saturated rings. The van der Waals surface area contributed by atoms with Gasteiger partial charge in [-0.05, 0) is 62.8 Å². The molecular formula is C25H36P+. The summed E-state index contributed by atoms with van der Waals surface area (Å²) in [6.07, 6.45) is 1.19. The van der Waals surface area contributed by atoms with Crippen molar-refractivity contribution in [2.24, 2.45) is 10.8 Å². The molecule has 0 aliphatic rings. The Balaban J connectivity index is 2.68. The molecule has 0 saturated carbocycles. The zero-order chi connectivity index (χ0) is 19.7. The van der Waals surface area contributed by atoms with Crippen LogP contribution in [0.15, 0.2) is 36.4 Å². The molecule has 0 bridgehead atoms. The van der Waals surface area contributed by atoms with E-state index in [0.717, 1.165) is 0 Å². The second-order valence-corrected chi connectivity index (χ2v) is 11.8. The van der Waals surface area contributed by atoms with Crippen LogP contribution in [0.2, 0.25) is 0 Å². The van der Waals surface area contributed by atoms with E-state index in [4.69, 9.17) is 0 Å². The Morgan fingerprint density at radius 1 is 0.731 bits per heavy atom. The number of benzene rings is 2. The predicted octanol–water partition coefficient (Wildman–Crippen LogP) is 6.62. The molecule has 2 aromatic rings. The maximum absolute atomic E-state index is 2.66. The third-order valence-electron chi connectivity index (χ3n) is 4.69. The van der Waals surface area contributed by atoms with E-state index < -0.39 is 7.55 Å². The minimum atomic E-state index is -0.483. The van der Waals surface area contributed by atoms with Gasteiger partial charge in [-0.25, -0.2) is 0 Å². The van der Waals surface area contributed by atoms with Crippen LogP contribution in [0.3, 0.4) is 0 Å². The lowest BCUT2D eigenvalue weighted by Crippen LogP contribution is -2.24. The third kappa shape index (κ3) is 5.55. The minimum absolute atomic E-state index is 0.193. The fourth-order valence-electron chi connectivity index (χ4n) is 4.18. The molecule has 2 rings (SSSR count). The summed E-state index contributed by atoms with van der Waals surface area (Å²) < 4.78 is 0. The summed E-state index contributed by atoms with van der Waals surface area (Å²) in [7, 11) is -0.483. The van der Waals surface area contributed by atoms with Crippen molar-refractivity contribution in [3.63, 3.8) is 0 Å². The second-order valence-electron chi connectivity index (χ2n) is 9.81. The van der Waals surface area contributed by atoms with Crippen LogP contribution in [-0.4, -0.2) is 5.80 Å². The van der Waals surface area contributed by atoms with Crippen LogP contribution >= 0.6 is 7.55 Å². The molecule has 0 heterocycles. The number of hydrogen-bond acceptors (Lipinski definition) is 0. The third-order valence-corrected chi connectivity index (χ3v) is 7.69. The summed E-state index contributed by atoms with van der Waals surface area (Å²) in [5.41, 5.74) is 6.04. The Bertz CT molecular complexity index is 763. The molecular weight excluding hydrogens is 331 g/mol. The lowest BCUT2D eigenvalue weighted by Gasteiger charge is -2.28. The van der Waals surface area contributed by atoms with Crippen molar-refractivity contribution >= 4 is 24.0 Å². The molecule has 0 amide bonds. The van der Waals surface area contributed by atoms with Crippen LogP contribution in [0.25, 0.3) is 0 Å². The molecule has 0 saturated heterocycles. The van der Waals surface area contributed by atoms with Crippen molar-refractivity contribution in [3.05, 3.63) is 58.7 Å². The van der Waals surface area contributed by atoms with Crippen LogP contribution in [0, 0.1) is 38.5 Å². The fourth-order valence-corrected chi connectivity index (χ4v) is 6.87. The maximum Gasteiger partial charge on any atom is 0.166 e. The molecule has 0 spiro atoms. The predicted molar refractivity (Wildman–Crippen MR) is 122 cm³/mol. The van der Waals surface area contributed by atoms with Crippen molar-refractivity contribution in [3.8, 4) is 0 Å². The first kappa shape index (κ1) is 20.9. The van der Waals surface area contributed by atoms with Crippen molar-refractivity contribution in [1.82, 2.24) is 0 Å². The van der Waals surface area contributed by atoms with Gasteiger partial charge in [0, 0.05) is 5.41 Å². The molecule has 0 aromatic heterocycles. The second kappa shape index (κ2) is 7.69. The van der Waals surface area contributed by atoms with Gasteiger partial charge in [-0.2, -0.15) is 0 Å². The molecule has 0 unspecified atom stereocenters. The van der Waals surface area contributed by atoms with Crippen LogP contribution in [0.5, 0.6) is 0 Å². The average molecular weight is 368 g/mol. The first-order valence-electron chi connectivity index (χ1n) is 9.68. The maximum atomic E-state index is 2.66. The van der Waals surface area contributed by atoms with Crippen LogP contribution < -0.4 is 10.6 Å². The first-order chi connectivity index (χ1) is 11.9. The van der Waals surface area contributed by atoms with E-state index in [9.17, 15) is 0 Å². The molecule has 0 N–H and O–H groups in total. The van der Waals surface area contributed by atoms with Crippen LogP contribution in [-0.2, 0) is 0 Å². The largest absolute Gasteiger partial charge is 0.166 e. The van der Waals surface area contributed by atoms with Gasteiger partial charge in [0.1, 0.15) is 5.80 Å². The summed E-state index contributed by atoms with van der Waals surface area (Å²) in [6.45, 7) is 20.8. The molecule has 0 aliphatic heterocycles.